The molecule has 1 aliphatic rings. The third-order valence-corrected chi connectivity index (χ3v) is 3.83. The van der Waals surface area contributed by atoms with Gasteiger partial charge in [0.2, 0.25) is 0 Å². The third-order valence-electron chi connectivity index (χ3n) is 3.57. The van der Waals surface area contributed by atoms with Crippen LogP contribution in [0.1, 0.15) is 31.9 Å². The number of carbonyl (C=O) groups excluding carboxylic acids is 1. The summed E-state index contributed by atoms with van der Waals surface area (Å²) >= 11 is 4.39. The Labute approximate surface area is 144 Å². The van der Waals surface area contributed by atoms with E-state index in [1.54, 1.807) is 4.90 Å². The number of benzene rings is 1. The molecule has 0 unspecified atom stereocenters. The van der Waals surface area contributed by atoms with E-state index in [9.17, 15) is 4.79 Å². The van der Waals surface area contributed by atoms with Crippen LogP contribution in [-0.2, 0) is 11.3 Å². The highest BCUT2D eigenvalue weighted by atomic mass is 32.1. The maximum absolute atomic E-state index is 12.1. The highest BCUT2D eigenvalue weighted by Crippen LogP contribution is 2.17. The van der Waals surface area contributed by atoms with Crippen molar-refractivity contribution in [1.29, 1.82) is 0 Å². The van der Waals surface area contributed by atoms with Gasteiger partial charge >= 0.3 is 6.09 Å². The fraction of sp³-hybridized carbons (Fsp3) is 0.500. The van der Waals surface area contributed by atoms with Crippen LogP contribution in [0.3, 0.4) is 0 Å². The second kappa shape index (κ2) is 7.29. The Bertz CT molecular complexity index is 608. The molecular weight excluding hydrogens is 308 g/mol. The van der Waals surface area contributed by atoms with Gasteiger partial charge in [-0.1, -0.05) is 5.92 Å². The molecule has 0 bridgehead atoms. The number of nitrogens with zero attached hydrogens (tertiary/aromatic N) is 2. The molecule has 1 heterocycles. The van der Waals surface area contributed by atoms with Gasteiger partial charge in [-0.2, -0.15) is 0 Å². The van der Waals surface area contributed by atoms with Crippen LogP contribution in [0.5, 0.6) is 0 Å². The molecule has 0 radical (unpaired) electrons. The van der Waals surface area contributed by atoms with E-state index in [2.05, 4.69) is 23.4 Å². The molecule has 1 fully saturated rings. The van der Waals surface area contributed by atoms with E-state index in [1.807, 2.05) is 39.0 Å². The van der Waals surface area contributed by atoms with Gasteiger partial charge in [0, 0.05) is 43.2 Å². The molecule has 0 saturated carbocycles. The van der Waals surface area contributed by atoms with Crippen molar-refractivity contribution in [3.05, 3.63) is 29.3 Å². The van der Waals surface area contributed by atoms with Gasteiger partial charge in [-0.3, -0.25) is 4.90 Å². The van der Waals surface area contributed by atoms with Crippen molar-refractivity contribution in [1.82, 2.24) is 9.80 Å². The van der Waals surface area contributed by atoms with Crippen molar-refractivity contribution < 1.29 is 9.53 Å². The summed E-state index contributed by atoms with van der Waals surface area (Å²) < 4.78 is 5.41. The first-order chi connectivity index (χ1) is 10.8. The zero-order valence-electron chi connectivity index (χ0n) is 14.0. The van der Waals surface area contributed by atoms with E-state index < -0.39 is 5.60 Å². The first-order valence-electron chi connectivity index (χ1n) is 7.77. The number of thiol groups is 1. The molecule has 5 heteroatoms. The Balaban J connectivity index is 1.89. The minimum Gasteiger partial charge on any atom is -0.444 e. The molecule has 0 atom stereocenters. The van der Waals surface area contributed by atoms with Gasteiger partial charge in [-0.05, 0) is 44.5 Å². The highest BCUT2D eigenvalue weighted by Gasteiger charge is 2.25. The van der Waals surface area contributed by atoms with Crippen molar-refractivity contribution in [3.8, 4) is 12.3 Å². The molecular formula is C18H24N2O2S. The van der Waals surface area contributed by atoms with Gasteiger partial charge in [-0.15, -0.1) is 19.1 Å². The van der Waals surface area contributed by atoms with Crippen molar-refractivity contribution >= 4 is 18.7 Å². The Morgan fingerprint density at radius 2 is 1.91 bits per heavy atom. The second-order valence-electron chi connectivity index (χ2n) is 6.78. The number of amides is 1. The molecule has 0 spiro atoms. The summed E-state index contributed by atoms with van der Waals surface area (Å²) in [6, 6.07) is 5.93. The number of terminal acetylenes is 1. The second-order valence-corrected chi connectivity index (χ2v) is 7.29. The lowest BCUT2D eigenvalue weighted by molar-refractivity contribution is 0.0139. The molecule has 0 N–H and O–H groups in total. The van der Waals surface area contributed by atoms with E-state index >= 15 is 0 Å². The summed E-state index contributed by atoms with van der Waals surface area (Å²) in [4.78, 5) is 17.0. The zero-order valence-corrected chi connectivity index (χ0v) is 14.9. The topological polar surface area (TPSA) is 32.8 Å². The molecule has 1 aromatic carbocycles. The van der Waals surface area contributed by atoms with Gasteiger partial charge in [0.15, 0.2) is 0 Å². The van der Waals surface area contributed by atoms with Crippen molar-refractivity contribution in [2.24, 2.45) is 0 Å². The fourth-order valence-electron chi connectivity index (χ4n) is 2.52. The molecule has 124 valence electrons. The molecule has 23 heavy (non-hydrogen) atoms. The Morgan fingerprint density at radius 1 is 1.26 bits per heavy atom. The summed E-state index contributed by atoms with van der Waals surface area (Å²) in [5.41, 5.74) is 1.54. The predicted octanol–water partition coefficient (Wildman–Crippen LogP) is 3.01. The average Bonchev–Trinajstić information content (AvgIpc) is 2.45. The summed E-state index contributed by atoms with van der Waals surface area (Å²) in [6.07, 6.45) is 5.23. The third kappa shape index (κ3) is 5.49. The summed E-state index contributed by atoms with van der Waals surface area (Å²) in [5, 5.41) is 0. The largest absolute Gasteiger partial charge is 0.444 e. The predicted molar refractivity (Wildman–Crippen MR) is 94.7 cm³/mol. The number of hydrogen-bond donors (Lipinski definition) is 1. The van der Waals surface area contributed by atoms with E-state index in [0.717, 1.165) is 35.7 Å². The normalized spacial score (nSPS) is 16.0. The first-order valence-corrected chi connectivity index (χ1v) is 8.21. The summed E-state index contributed by atoms with van der Waals surface area (Å²) in [6.45, 7) is 9.46. The minimum atomic E-state index is -0.452. The average molecular weight is 332 g/mol. The molecule has 1 saturated heterocycles. The molecule has 0 aliphatic carbocycles. The molecule has 1 aromatic rings. The van der Waals surface area contributed by atoms with E-state index in [4.69, 9.17) is 11.2 Å². The van der Waals surface area contributed by atoms with Crippen LogP contribution in [0, 0.1) is 12.3 Å². The Morgan fingerprint density at radius 3 is 2.48 bits per heavy atom. The molecule has 1 aliphatic heterocycles. The van der Waals surface area contributed by atoms with Crippen LogP contribution in [0.4, 0.5) is 4.79 Å². The number of piperazine rings is 1. The van der Waals surface area contributed by atoms with Crippen molar-refractivity contribution in [3.63, 3.8) is 0 Å². The maximum atomic E-state index is 12.1. The standard InChI is InChI=1S/C18H24N2O2S/c1-5-14-10-15(12-16(23)11-14)13-19-6-8-20(9-7-19)17(21)22-18(2,3)4/h1,10-12,23H,6-9,13H2,2-4H3. The van der Waals surface area contributed by atoms with E-state index in [-0.39, 0.29) is 6.09 Å². The van der Waals surface area contributed by atoms with Crippen LogP contribution >= 0.6 is 12.6 Å². The van der Waals surface area contributed by atoms with Crippen LogP contribution in [0.15, 0.2) is 23.1 Å². The van der Waals surface area contributed by atoms with Crippen LogP contribution in [0.2, 0.25) is 0 Å². The van der Waals surface area contributed by atoms with Gasteiger partial charge in [-0.25, -0.2) is 4.79 Å². The first kappa shape index (κ1) is 17.7. The lowest BCUT2D eigenvalue weighted by atomic mass is 10.1. The van der Waals surface area contributed by atoms with Crippen LogP contribution in [-0.4, -0.2) is 47.7 Å². The Kier molecular flexibility index (Phi) is 5.61. The minimum absolute atomic E-state index is 0.232. The molecule has 1 amide bonds. The van der Waals surface area contributed by atoms with Gasteiger partial charge < -0.3 is 9.64 Å². The van der Waals surface area contributed by atoms with Crippen molar-refractivity contribution in [2.45, 2.75) is 37.8 Å². The lowest BCUT2D eigenvalue weighted by Crippen LogP contribution is -2.49. The lowest BCUT2D eigenvalue weighted by Gasteiger charge is -2.35. The van der Waals surface area contributed by atoms with Gasteiger partial charge in [0.05, 0.1) is 0 Å². The maximum Gasteiger partial charge on any atom is 0.410 e. The number of carbonyl (C=O) groups is 1. The highest BCUT2D eigenvalue weighted by molar-refractivity contribution is 7.80. The molecule has 4 nitrogen and oxygen atoms in total. The zero-order chi connectivity index (χ0) is 17.0. The molecule has 0 aromatic heterocycles. The number of hydrogen-bond acceptors (Lipinski definition) is 4. The number of ether oxygens (including phenoxy) is 1. The number of rotatable bonds is 2. The van der Waals surface area contributed by atoms with Crippen LogP contribution < -0.4 is 0 Å². The van der Waals surface area contributed by atoms with Crippen LogP contribution in [0.25, 0.3) is 0 Å². The summed E-state index contributed by atoms with van der Waals surface area (Å²) in [7, 11) is 0. The quantitative estimate of drug-likeness (QED) is 0.667. The van der Waals surface area contributed by atoms with Crippen molar-refractivity contribution in [2.75, 3.05) is 26.2 Å². The van der Waals surface area contributed by atoms with E-state index in [0.29, 0.717) is 13.1 Å². The fourth-order valence-corrected chi connectivity index (χ4v) is 2.83. The monoisotopic (exact) mass is 332 g/mol. The van der Waals surface area contributed by atoms with Gasteiger partial charge in [0.1, 0.15) is 5.60 Å². The Hall–Kier alpha value is -1.64. The SMILES string of the molecule is C#Cc1cc(S)cc(CN2CCN(C(=O)OC(C)(C)C)CC2)c1. The van der Waals surface area contributed by atoms with E-state index in [1.165, 1.54) is 0 Å². The van der Waals surface area contributed by atoms with Gasteiger partial charge in [0.25, 0.3) is 0 Å². The summed E-state index contributed by atoms with van der Waals surface area (Å²) in [5.74, 6) is 2.65. The molecule has 2 rings (SSSR count). The smallest absolute Gasteiger partial charge is 0.410 e.